The fourth-order valence-corrected chi connectivity index (χ4v) is 4.47. The van der Waals surface area contributed by atoms with Crippen molar-refractivity contribution in [3.63, 3.8) is 0 Å². The molecule has 0 fully saturated rings. The predicted molar refractivity (Wildman–Crippen MR) is 102 cm³/mol. The van der Waals surface area contributed by atoms with E-state index in [0.717, 1.165) is 26.8 Å². The summed E-state index contributed by atoms with van der Waals surface area (Å²) in [7, 11) is 3.95. The lowest BCUT2D eigenvalue weighted by atomic mass is 10.2. The zero-order valence-electron chi connectivity index (χ0n) is 14.2. The third kappa shape index (κ3) is 2.65. The molecule has 0 N–H and O–H groups in total. The first-order valence-electron chi connectivity index (χ1n) is 7.95. The molecule has 2 aromatic heterocycles. The van der Waals surface area contributed by atoms with Crippen molar-refractivity contribution in [2.24, 2.45) is 4.99 Å². The van der Waals surface area contributed by atoms with Gasteiger partial charge in [0.25, 0.3) is 5.56 Å². The number of fused-ring (bicyclic) bond motifs is 3. The van der Waals surface area contributed by atoms with Crippen molar-refractivity contribution in [1.82, 2.24) is 14.5 Å². The van der Waals surface area contributed by atoms with Crippen LogP contribution in [0.5, 0.6) is 0 Å². The van der Waals surface area contributed by atoms with Crippen molar-refractivity contribution in [2.75, 3.05) is 14.1 Å². The summed E-state index contributed by atoms with van der Waals surface area (Å²) in [5.74, 6) is 0. The minimum Gasteiger partial charge on any atom is -0.380 e. The van der Waals surface area contributed by atoms with Gasteiger partial charge in [0.05, 0.1) is 16.4 Å². The summed E-state index contributed by atoms with van der Waals surface area (Å²) >= 11 is 7.65. The molecule has 128 valence electrons. The van der Waals surface area contributed by atoms with Crippen LogP contribution in [-0.2, 0) is 0 Å². The molecule has 0 spiro atoms. The van der Waals surface area contributed by atoms with Gasteiger partial charge in [-0.15, -0.1) is 11.3 Å². The Morgan fingerprint density at radius 2 is 2.00 bits per heavy atom. The van der Waals surface area contributed by atoms with Gasteiger partial charge < -0.3 is 4.90 Å². The number of halogens is 1. The molecule has 1 aliphatic heterocycles. The minimum atomic E-state index is -0.308. The summed E-state index contributed by atoms with van der Waals surface area (Å²) in [5, 5.41) is 0.940. The van der Waals surface area contributed by atoms with Gasteiger partial charge in [0.1, 0.15) is 21.2 Å². The average molecular weight is 373 g/mol. The van der Waals surface area contributed by atoms with Crippen LogP contribution < -0.4 is 15.4 Å². The van der Waals surface area contributed by atoms with E-state index in [1.54, 1.807) is 10.9 Å². The first kappa shape index (κ1) is 16.3. The Kier molecular flexibility index (Phi) is 3.89. The second-order valence-electron chi connectivity index (χ2n) is 6.32. The fraction of sp³-hybridized carbons (Fsp3) is 0.278. The van der Waals surface area contributed by atoms with E-state index in [-0.39, 0.29) is 11.1 Å². The van der Waals surface area contributed by atoms with Crippen LogP contribution in [0.4, 0.5) is 0 Å². The first-order valence-corrected chi connectivity index (χ1v) is 9.20. The van der Waals surface area contributed by atoms with Crippen molar-refractivity contribution >= 4 is 38.9 Å². The van der Waals surface area contributed by atoms with Crippen molar-refractivity contribution in [2.45, 2.75) is 18.8 Å². The molecule has 0 bridgehead atoms. The number of benzene rings is 1. The molecule has 5 nitrogen and oxygen atoms in total. The molecule has 3 aromatic rings. The van der Waals surface area contributed by atoms with Gasteiger partial charge in [-0.05, 0) is 19.1 Å². The number of aryl methyl sites for hydroxylation is 1. The molecule has 1 aromatic carbocycles. The van der Waals surface area contributed by atoms with Crippen LogP contribution in [0.15, 0.2) is 40.4 Å². The molecular formula is C18H17ClN4OS. The van der Waals surface area contributed by atoms with Crippen LogP contribution in [0, 0.1) is 6.92 Å². The number of hydrogen-bond donors (Lipinski definition) is 0. The summed E-state index contributed by atoms with van der Waals surface area (Å²) in [5.41, 5.74) is 3.35. The molecule has 25 heavy (non-hydrogen) atoms. The molecule has 0 radical (unpaired) electrons. The Hall–Kier alpha value is -2.18. The van der Waals surface area contributed by atoms with Gasteiger partial charge in [-0.3, -0.25) is 14.4 Å². The van der Waals surface area contributed by atoms with Crippen molar-refractivity contribution in [3.8, 4) is 5.69 Å². The quantitative estimate of drug-likeness (QED) is 0.511. The monoisotopic (exact) mass is 372 g/mol. The second-order valence-corrected chi connectivity index (χ2v) is 7.83. The Labute approximate surface area is 153 Å². The van der Waals surface area contributed by atoms with E-state index in [0.29, 0.717) is 16.6 Å². The van der Waals surface area contributed by atoms with Crippen LogP contribution in [0.25, 0.3) is 21.6 Å². The number of aromatic nitrogens is 2. The third-order valence-electron chi connectivity index (χ3n) is 4.34. The van der Waals surface area contributed by atoms with Crippen LogP contribution >= 0.6 is 22.9 Å². The molecule has 1 unspecified atom stereocenters. The normalized spacial score (nSPS) is 16.6. The molecule has 0 saturated carbocycles. The van der Waals surface area contributed by atoms with Gasteiger partial charge in [-0.25, -0.2) is 4.98 Å². The maximum atomic E-state index is 13.0. The molecule has 0 aliphatic carbocycles. The summed E-state index contributed by atoms with van der Waals surface area (Å²) < 4.78 is 2.98. The largest absolute Gasteiger partial charge is 0.380 e. The number of alkyl halides is 1. The van der Waals surface area contributed by atoms with Crippen molar-refractivity contribution in [1.29, 1.82) is 0 Å². The standard InChI is InChI=1S/C18H17ClN4OS/c1-10-4-6-11(7-5-10)23-9-20-15-14-12(22(2)3)8-13(19)21-17(14)25-16(15)18(23)24/h4-7,9,13H,8H2,1-3H3. The highest BCUT2D eigenvalue weighted by Crippen LogP contribution is 2.19. The molecule has 1 aliphatic rings. The van der Waals surface area contributed by atoms with Crippen LogP contribution in [0.1, 0.15) is 12.0 Å². The highest BCUT2D eigenvalue weighted by atomic mass is 35.5. The summed E-state index contributed by atoms with van der Waals surface area (Å²) in [6, 6.07) is 7.82. The Balaban J connectivity index is 2.06. The van der Waals surface area contributed by atoms with Gasteiger partial charge in [0, 0.05) is 26.2 Å². The summed E-state index contributed by atoms with van der Waals surface area (Å²) in [6.45, 7) is 2.02. The van der Waals surface area contributed by atoms with E-state index in [9.17, 15) is 4.79 Å². The number of nitrogens with zero attached hydrogens (tertiary/aromatic N) is 4. The van der Waals surface area contributed by atoms with Crippen LogP contribution in [-0.4, -0.2) is 34.0 Å². The zero-order valence-corrected chi connectivity index (χ0v) is 15.7. The maximum Gasteiger partial charge on any atom is 0.275 e. The van der Waals surface area contributed by atoms with Gasteiger partial charge in [-0.1, -0.05) is 29.3 Å². The number of rotatable bonds is 2. The molecule has 0 saturated heterocycles. The van der Waals surface area contributed by atoms with E-state index in [2.05, 4.69) is 9.98 Å². The lowest BCUT2D eigenvalue weighted by molar-refractivity contribution is 0.552. The van der Waals surface area contributed by atoms with Crippen LogP contribution in [0.2, 0.25) is 0 Å². The lowest BCUT2D eigenvalue weighted by Crippen LogP contribution is -2.34. The summed E-state index contributed by atoms with van der Waals surface area (Å²) in [6.07, 6.45) is 2.23. The molecular weight excluding hydrogens is 356 g/mol. The minimum absolute atomic E-state index is 0.0762. The average Bonchev–Trinajstić information content (AvgIpc) is 2.94. The molecule has 4 rings (SSSR count). The van der Waals surface area contributed by atoms with Gasteiger partial charge in [0.15, 0.2) is 0 Å². The van der Waals surface area contributed by atoms with Gasteiger partial charge >= 0.3 is 0 Å². The Morgan fingerprint density at radius 1 is 1.28 bits per heavy atom. The topological polar surface area (TPSA) is 50.5 Å². The highest BCUT2D eigenvalue weighted by molar-refractivity contribution is 7.16. The second kappa shape index (κ2) is 5.97. The first-order chi connectivity index (χ1) is 12.0. The fourth-order valence-electron chi connectivity index (χ4n) is 3.04. The smallest absolute Gasteiger partial charge is 0.275 e. The van der Waals surface area contributed by atoms with E-state index in [4.69, 9.17) is 11.6 Å². The van der Waals surface area contributed by atoms with Gasteiger partial charge in [0.2, 0.25) is 0 Å². The van der Waals surface area contributed by atoms with Gasteiger partial charge in [-0.2, -0.15) is 0 Å². The number of hydrogen-bond acceptors (Lipinski definition) is 5. The van der Waals surface area contributed by atoms with E-state index in [1.807, 2.05) is 50.2 Å². The zero-order chi connectivity index (χ0) is 17.7. The summed E-state index contributed by atoms with van der Waals surface area (Å²) in [4.78, 5) is 24.2. The highest BCUT2D eigenvalue weighted by Gasteiger charge is 2.20. The van der Waals surface area contributed by atoms with Crippen molar-refractivity contribution in [3.05, 3.63) is 56.4 Å². The number of thiophene rings is 1. The molecule has 3 heterocycles. The van der Waals surface area contributed by atoms with E-state index in [1.165, 1.54) is 11.3 Å². The van der Waals surface area contributed by atoms with E-state index >= 15 is 0 Å². The Morgan fingerprint density at radius 3 is 2.68 bits per heavy atom. The maximum absolute atomic E-state index is 13.0. The third-order valence-corrected chi connectivity index (χ3v) is 5.67. The predicted octanol–water partition coefficient (Wildman–Crippen LogP) is 2.01. The molecule has 0 amide bonds. The Bertz CT molecular complexity index is 1140. The van der Waals surface area contributed by atoms with Crippen molar-refractivity contribution < 1.29 is 0 Å². The SMILES string of the molecule is Cc1ccc(-n2cnc3c4c(sc3c2=O)=NC(Cl)CC=4N(C)C)cc1. The lowest BCUT2D eigenvalue weighted by Gasteiger charge is -2.20. The van der Waals surface area contributed by atoms with Crippen LogP contribution in [0.3, 0.4) is 0 Å². The molecule has 7 heteroatoms. The van der Waals surface area contributed by atoms with E-state index < -0.39 is 0 Å². The molecule has 1 atom stereocenters.